The fourth-order valence-electron chi connectivity index (χ4n) is 1.87. The summed E-state index contributed by atoms with van der Waals surface area (Å²) < 4.78 is 17.9. The molecule has 0 spiro atoms. The van der Waals surface area contributed by atoms with Crippen LogP contribution in [0.5, 0.6) is 0 Å². The van der Waals surface area contributed by atoms with Gasteiger partial charge in [0.1, 0.15) is 10.7 Å². The van der Waals surface area contributed by atoms with Gasteiger partial charge in [0.2, 0.25) is 5.82 Å². The second-order valence-corrected chi connectivity index (χ2v) is 4.26. The molecule has 0 aliphatic rings. The van der Waals surface area contributed by atoms with Crippen molar-refractivity contribution in [3.05, 3.63) is 60.4 Å². The highest BCUT2D eigenvalue weighted by Gasteiger charge is 2.27. The Bertz CT molecular complexity index is 984. The van der Waals surface area contributed by atoms with Crippen LogP contribution in [0.2, 0.25) is 0 Å². The number of hydrogen-bond acceptors (Lipinski definition) is 7. The second kappa shape index (κ2) is 5.79. The van der Waals surface area contributed by atoms with E-state index in [4.69, 9.17) is 14.6 Å². The van der Waals surface area contributed by atoms with Gasteiger partial charge in [-0.05, 0) is 6.07 Å². The summed E-state index contributed by atoms with van der Waals surface area (Å²) in [6.45, 7) is 0. The predicted molar refractivity (Wildman–Crippen MR) is 69.9 cm³/mol. The average molecular weight is 343 g/mol. The Balaban J connectivity index is 2.71. The lowest BCUT2D eigenvalue weighted by molar-refractivity contribution is -0.402. The topological polar surface area (TPSA) is 175 Å². The third-order valence-electron chi connectivity index (χ3n) is 2.85. The van der Waals surface area contributed by atoms with Crippen LogP contribution in [0.4, 0.5) is 19.9 Å². The first-order valence-electron chi connectivity index (χ1n) is 5.91. The summed E-state index contributed by atoms with van der Waals surface area (Å²) in [7, 11) is 0. The van der Waals surface area contributed by atoms with Crippen molar-refractivity contribution in [2.45, 2.75) is 6.42 Å². The van der Waals surface area contributed by atoms with Crippen LogP contribution in [0.25, 0.3) is 0 Å². The summed E-state index contributed by atoms with van der Waals surface area (Å²) in [5.41, 5.74) is -4.71. The number of rotatable bonds is 3. The SMILES string of the molecule is O=C(O)n1c(Cc2ccc([N+](=O)[O-])o2)c(F)c(=O)n(C(=O)O)c1=O. The van der Waals surface area contributed by atoms with Crippen molar-refractivity contribution in [1.29, 1.82) is 0 Å². The van der Waals surface area contributed by atoms with Gasteiger partial charge in [0.25, 0.3) is 0 Å². The van der Waals surface area contributed by atoms with E-state index in [1.54, 1.807) is 0 Å². The Morgan fingerprint density at radius 2 is 1.79 bits per heavy atom. The van der Waals surface area contributed by atoms with Gasteiger partial charge in [-0.1, -0.05) is 0 Å². The molecule has 0 saturated carbocycles. The number of nitro groups is 1. The van der Waals surface area contributed by atoms with Gasteiger partial charge in [-0.25, -0.2) is 14.4 Å². The molecule has 0 bridgehead atoms. The molecule has 2 aromatic heterocycles. The molecule has 2 heterocycles. The Hall–Kier alpha value is -3.77. The molecule has 13 heteroatoms. The lowest BCUT2D eigenvalue weighted by atomic mass is 10.2. The molecule has 0 aliphatic carbocycles. The van der Waals surface area contributed by atoms with Crippen LogP contribution in [0.15, 0.2) is 26.1 Å². The monoisotopic (exact) mass is 343 g/mol. The van der Waals surface area contributed by atoms with E-state index >= 15 is 0 Å². The molecule has 0 unspecified atom stereocenters. The van der Waals surface area contributed by atoms with Crippen molar-refractivity contribution >= 4 is 18.1 Å². The first-order valence-corrected chi connectivity index (χ1v) is 5.91. The molecule has 24 heavy (non-hydrogen) atoms. The van der Waals surface area contributed by atoms with E-state index in [0.29, 0.717) is 0 Å². The zero-order valence-corrected chi connectivity index (χ0v) is 11.3. The summed E-state index contributed by atoms with van der Waals surface area (Å²) >= 11 is 0. The highest BCUT2D eigenvalue weighted by Crippen LogP contribution is 2.18. The van der Waals surface area contributed by atoms with Crippen molar-refractivity contribution in [2.75, 3.05) is 0 Å². The van der Waals surface area contributed by atoms with E-state index in [1.165, 1.54) is 0 Å². The Kier molecular flexibility index (Phi) is 4.00. The van der Waals surface area contributed by atoms with Crippen molar-refractivity contribution in [2.24, 2.45) is 0 Å². The van der Waals surface area contributed by atoms with E-state index in [1.807, 2.05) is 0 Å². The number of aromatic nitrogens is 2. The molecule has 0 aliphatic heterocycles. The Labute approximate surface area is 128 Å². The van der Waals surface area contributed by atoms with Crippen molar-refractivity contribution in [1.82, 2.24) is 9.13 Å². The van der Waals surface area contributed by atoms with Gasteiger partial charge in [-0.2, -0.15) is 13.5 Å². The van der Waals surface area contributed by atoms with E-state index < -0.39 is 56.7 Å². The first kappa shape index (κ1) is 16.6. The predicted octanol–water partition coefficient (Wildman–Crippen LogP) is 0.293. The quantitative estimate of drug-likeness (QED) is 0.586. The third-order valence-corrected chi connectivity index (χ3v) is 2.85. The van der Waals surface area contributed by atoms with Crippen LogP contribution < -0.4 is 11.2 Å². The van der Waals surface area contributed by atoms with Gasteiger partial charge < -0.3 is 14.6 Å². The van der Waals surface area contributed by atoms with Gasteiger partial charge in [-0.15, -0.1) is 0 Å². The standard InChI is InChI=1S/C11H6FN3O9/c12-7-5(3-4-1-2-6(24-4)15(22)23)13(10(18)19)9(17)14(8(7)16)11(20)21/h1-2H,3H2,(H,18,19)(H,20,21). The second-order valence-electron chi connectivity index (χ2n) is 4.26. The number of hydrogen-bond donors (Lipinski definition) is 2. The average Bonchev–Trinajstić information content (AvgIpc) is 2.92. The molecule has 0 radical (unpaired) electrons. The Morgan fingerprint density at radius 1 is 1.21 bits per heavy atom. The van der Waals surface area contributed by atoms with Gasteiger partial charge in [0.05, 0.1) is 18.2 Å². The van der Waals surface area contributed by atoms with Gasteiger partial charge >= 0.3 is 29.3 Å². The number of carbonyl (C=O) groups is 2. The van der Waals surface area contributed by atoms with Crippen LogP contribution in [0.3, 0.4) is 0 Å². The molecular weight excluding hydrogens is 337 g/mol. The van der Waals surface area contributed by atoms with E-state index in [2.05, 4.69) is 0 Å². The van der Waals surface area contributed by atoms with Gasteiger partial charge in [-0.3, -0.25) is 14.9 Å². The summed E-state index contributed by atoms with van der Waals surface area (Å²) in [5, 5.41) is 28.2. The maximum Gasteiger partial charge on any atom is 0.433 e. The fraction of sp³-hybridized carbons (Fsp3) is 0.0909. The molecular formula is C11H6FN3O9. The van der Waals surface area contributed by atoms with E-state index in [0.717, 1.165) is 12.1 Å². The maximum absolute atomic E-state index is 14.1. The van der Waals surface area contributed by atoms with Crippen molar-refractivity contribution in [3.8, 4) is 0 Å². The number of carboxylic acid groups (broad SMARTS) is 2. The molecule has 2 aromatic rings. The highest BCUT2D eigenvalue weighted by atomic mass is 19.1. The molecule has 0 amide bonds. The summed E-state index contributed by atoms with van der Waals surface area (Å²) in [5.74, 6) is -2.87. The molecule has 0 fully saturated rings. The fourth-order valence-corrected chi connectivity index (χ4v) is 1.87. The van der Waals surface area contributed by atoms with Crippen LogP contribution >= 0.6 is 0 Å². The Morgan fingerprint density at radius 3 is 2.25 bits per heavy atom. The highest BCUT2D eigenvalue weighted by molar-refractivity contribution is 5.71. The lowest BCUT2D eigenvalue weighted by Crippen LogP contribution is -2.48. The van der Waals surface area contributed by atoms with Crippen LogP contribution in [-0.2, 0) is 6.42 Å². The molecule has 2 N–H and O–H groups in total. The van der Waals surface area contributed by atoms with Crippen molar-refractivity contribution in [3.63, 3.8) is 0 Å². The summed E-state index contributed by atoms with van der Waals surface area (Å²) in [6, 6.07) is 1.91. The molecule has 0 aromatic carbocycles. The van der Waals surface area contributed by atoms with Crippen LogP contribution in [-0.4, -0.2) is 36.5 Å². The molecule has 0 saturated heterocycles. The minimum Gasteiger partial charge on any atom is -0.464 e. The molecule has 0 atom stereocenters. The smallest absolute Gasteiger partial charge is 0.433 e. The van der Waals surface area contributed by atoms with Crippen LogP contribution in [0.1, 0.15) is 11.5 Å². The van der Waals surface area contributed by atoms with E-state index in [9.17, 15) is 33.7 Å². The van der Waals surface area contributed by atoms with Gasteiger partial charge in [0, 0.05) is 0 Å². The number of halogens is 1. The van der Waals surface area contributed by atoms with Gasteiger partial charge in [0.15, 0.2) is 0 Å². The van der Waals surface area contributed by atoms with E-state index in [-0.39, 0.29) is 10.3 Å². The zero-order chi connectivity index (χ0) is 18.2. The zero-order valence-electron chi connectivity index (χ0n) is 11.3. The third kappa shape index (κ3) is 2.65. The summed E-state index contributed by atoms with van der Waals surface area (Å²) in [4.78, 5) is 54.9. The maximum atomic E-state index is 14.1. The number of furan rings is 1. The molecule has 12 nitrogen and oxygen atoms in total. The molecule has 126 valence electrons. The number of nitrogens with zero attached hydrogens (tertiary/aromatic N) is 3. The van der Waals surface area contributed by atoms with Crippen molar-refractivity contribution < 1.29 is 33.5 Å². The minimum absolute atomic E-state index is 0.292. The normalized spacial score (nSPS) is 10.5. The minimum atomic E-state index is -2.17. The van der Waals surface area contributed by atoms with Crippen LogP contribution in [0, 0.1) is 15.9 Å². The molecule has 2 rings (SSSR count). The first-order chi connectivity index (χ1) is 11.1. The lowest BCUT2D eigenvalue weighted by Gasteiger charge is -2.09. The largest absolute Gasteiger partial charge is 0.464 e. The summed E-state index contributed by atoms with van der Waals surface area (Å²) in [6.07, 6.45) is -5.03.